The lowest BCUT2D eigenvalue weighted by molar-refractivity contribution is -0.870. The van der Waals surface area contributed by atoms with Crippen molar-refractivity contribution < 1.29 is 42.9 Å². The fourth-order valence-corrected chi connectivity index (χ4v) is 4.48. The number of carboxylic acid groups (broad SMARTS) is 1. The van der Waals surface area contributed by atoms with Gasteiger partial charge in [-0.1, -0.05) is 103 Å². The Bertz CT molecular complexity index is 750. The molecule has 0 aliphatic carbocycles. The van der Waals surface area contributed by atoms with Crippen molar-refractivity contribution in [2.24, 2.45) is 0 Å². The van der Waals surface area contributed by atoms with Crippen molar-refractivity contribution in [3.8, 4) is 0 Å². The van der Waals surface area contributed by atoms with Crippen molar-refractivity contribution in [3.63, 3.8) is 0 Å². The topological polar surface area (TPSA) is 111 Å². The summed E-state index contributed by atoms with van der Waals surface area (Å²) in [6.07, 6.45) is 21.1. The lowest BCUT2D eigenvalue weighted by Gasteiger charge is -2.26. The van der Waals surface area contributed by atoms with Crippen molar-refractivity contribution in [2.45, 2.75) is 148 Å². The zero-order valence-electron chi connectivity index (χ0n) is 28.8. The molecule has 44 heavy (non-hydrogen) atoms. The van der Waals surface area contributed by atoms with E-state index in [9.17, 15) is 19.5 Å². The number of aliphatic carboxylic acids is 1. The monoisotopic (exact) mass is 627 g/mol. The van der Waals surface area contributed by atoms with E-state index in [1.165, 1.54) is 44.9 Å². The molecule has 0 heterocycles. The molecule has 0 saturated heterocycles. The number of carbonyl (C=O) groups is 3. The van der Waals surface area contributed by atoms with Gasteiger partial charge in [0.25, 0.3) is 0 Å². The highest BCUT2D eigenvalue weighted by molar-refractivity contribution is 5.70. The van der Waals surface area contributed by atoms with E-state index in [1.807, 2.05) is 21.1 Å². The van der Waals surface area contributed by atoms with Crippen molar-refractivity contribution in [1.82, 2.24) is 0 Å². The predicted molar refractivity (Wildman–Crippen MR) is 173 cm³/mol. The van der Waals surface area contributed by atoms with Gasteiger partial charge in [-0.05, 0) is 32.1 Å². The molecule has 0 amide bonds. The highest BCUT2D eigenvalue weighted by Gasteiger charge is 2.21. The van der Waals surface area contributed by atoms with E-state index in [-0.39, 0.29) is 32.2 Å². The summed E-state index contributed by atoms with van der Waals surface area (Å²) in [5, 5.41) is 11.6. The Morgan fingerprint density at radius 2 is 1.20 bits per heavy atom. The van der Waals surface area contributed by atoms with Gasteiger partial charge >= 0.3 is 11.9 Å². The van der Waals surface area contributed by atoms with Crippen LogP contribution in [0.3, 0.4) is 0 Å². The van der Waals surface area contributed by atoms with E-state index >= 15 is 0 Å². The van der Waals surface area contributed by atoms with Crippen molar-refractivity contribution in [1.29, 1.82) is 0 Å². The number of carbonyl (C=O) groups excluding carboxylic acids is 3. The van der Waals surface area contributed by atoms with Crippen LogP contribution in [0.4, 0.5) is 0 Å². The summed E-state index contributed by atoms with van der Waals surface area (Å²) in [7, 11) is 5.88. The molecule has 9 heteroatoms. The molecule has 0 aromatic heterocycles. The quantitative estimate of drug-likeness (QED) is 0.0291. The average Bonchev–Trinajstić information content (AvgIpc) is 2.96. The van der Waals surface area contributed by atoms with Crippen LogP contribution in [0.5, 0.6) is 0 Å². The van der Waals surface area contributed by atoms with E-state index in [1.54, 1.807) is 0 Å². The second-order valence-electron chi connectivity index (χ2n) is 12.8. The Morgan fingerprint density at radius 1 is 0.659 bits per heavy atom. The summed E-state index contributed by atoms with van der Waals surface area (Å²) in [4.78, 5) is 36.5. The Hall–Kier alpha value is -1.97. The molecule has 0 spiro atoms. The lowest BCUT2D eigenvalue weighted by Crippen LogP contribution is -2.44. The zero-order valence-corrected chi connectivity index (χ0v) is 28.8. The molecule has 0 N–H and O–H groups in total. The number of quaternary nitrogens is 1. The van der Waals surface area contributed by atoms with E-state index < -0.39 is 24.3 Å². The summed E-state index contributed by atoms with van der Waals surface area (Å²) in [5.41, 5.74) is 0. The maximum absolute atomic E-state index is 12.6. The van der Waals surface area contributed by atoms with Crippen molar-refractivity contribution >= 4 is 17.9 Å². The third kappa shape index (κ3) is 28.8. The van der Waals surface area contributed by atoms with Gasteiger partial charge in [-0.15, -0.1) is 0 Å². The number of allylic oxidation sites excluding steroid dienone is 2. The molecule has 2 atom stereocenters. The van der Waals surface area contributed by atoms with Gasteiger partial charge in [-0.25, -0.2) is 0 Å². The SMILES string of the molecule is CCC/C=C\CCCCCCCC(=O)OC(COC(=O)CCCCCCCCCCC)COC(OCC[N+](C)(C)C)C(=O)[O-]. The number of unbranched alkanes of at least 4 members (excludes halogenated alkanes) is 14. The summed E-state index contributed by atoms with van der Waals surface area (Å²) < 4.78 is 22.3. The van der Waals surface area contributed by atoms with Gasteiger partial charge in [0.15, 0.2) is 12.4 Å². The number of likely N-dealkylation sites (N-methyl/N-ethyl adjacent to an activating group) is 1. The van der Waals surface area contributed by atoms with Crippen LogP contribution in [0.25, 0.3) is 0 Å². The smallest absolute Gasteiger partial charge is 0.306 e. The summed E-state index contributed by atoms with van der Waals surface area (Å²) in [6.45, 7) is 4.61. The van der Waals surface area contributed by atoms with Gasteiger partial charge in [-0.2, -0.15) is 0 Å². The van der Waals surface area contributed by atoms with E-state index in [4.69, 9.17) is 18.9 Å². The number of esters is 2. The molecule has 258 valence electrons. The van der Waals surface area contributed by atoms with Gasteiger partial charge < -0.3 is 33.3 Å². The Kier molecular flexibility index (Phi) is 27.2. The first-order valence-electron chi connectivity index (χ1n) is 17.3. The van der Waals surface area contributed by atoms with E-state index in [2.05, 4.69) is 26.0 Å². The Balaban J connectivity index is 4.62. The van der Waals surface area contributed by atoms with Crippen LogP contribution in [0, 0.1) is 0 Å². The third-order valence-electron chi connectivity index (χ3n) is 7.24. The Labute approximate surface area is 268 Å². The number of rotatable bonds is 31. The molecule has 0 aromatic carbocycles. The van der Waals surface area contributed by atoms with E-state index in [0.717, 1.165) is 57.8 Å². The molecule has 2 unspecified atom stereocenters. The minimum absolute atomic E-state index is 0.148. The summed E-state index contributed by atoms with van der Waals surface area (Å²) in [5.74, 6) is -2.30. The van der Waals surface area contributed by atoms with E-state index in [0.29, 0.717) is 23.9 Å². The number of hydrogen-bond donors (Lipinski definition) is 0. The van der Waals surface area contributed by atoms with Crippen LogP contribution in [0.1, 0.15) is 136 Å². The molecular weight excluding hydrogens is 562 g/mol. The minimum atomic E-state index is -1.61. The van der Waals surface area contributed by atoms with Crippen LogP contribution >= 0.6 is 0 Å². The summed E-state index contributed by atoms with van der Waals surface area (Å²) in [6, 6.07) is 0. The van der Waals surface area contributed by atoms with Crippen LogP contribution in [0.2, 0.25) is 0 Å². The second-order valence-corrected chi connectivity index (χ2v) is 12.8. The molecule has 0 bridgehead atoms. The zero-order chi connectivity index (χ0) is 32.9. The maximum Gasteiger partial charge on any atom is 0.306 e. The van der Waals surface area contributed by atoms with Gasteiger partial charge in [0.05, 0.1) is 40.3 Å². The average molecular weight is 628 g/mol. The van der Waals surface area contributed by atoms with Crippen LogP contribution < -0.4 is 5.11 Å². The Morgan fingerprint density at radius 3 is 1.77 bits per heavy atom. The van der Waals surface area contributed by atoms with Crippen LogP contribution in [-0.2, 0) is 33.3 Å². The molecule has 0 radical (unpaired) electrons. The molecule has 9 nitrogen and oxygen atoms in total. The molecule has 0 fully saturated rings. The first-order chi connectivity index (χ1) is 21.1. The fourth-order valence-electron chi connectivity index (χ4n) is 4.48. The first kappa shape index (κ1) is 42.0. The van der Waals surface area contributed by atoms with Gasteiger partial charge in [0.1, 0.15) is 13.2 Å². The molecular formula is C35H65NO8. The van der Waals surface area contributed by atoms with Gasteiger partial charge in [0, 0.05) is 12.8 Å². The maximum atomic E-state index is 12.6. The highest BCUT2D eigenvalue weighted by Crippen LogP contribution is 2.12. The van der Waals surface area contributed by atoms with Crippen molar-refractivity contribution in [2.75, 3.05) is 47.5 Å². The van der Waals surface area contributed by atoms with Crippen molar-refractivity contribution in [3.05, 3.63) is 12.2 Å². The molecule has 0 rings (SSSR count). The van der Waals surface area contributed by atoms with Gasteiger partial charge in [0.2, 0.25) is 0 Å². The van der Waals surface area contributed by atoms with Gasteiger partial charge in [-0.3, -0.25) is 9.59 Å². The lowest BCUT2D eigenvalue weighted by atomic mass is 10.1. The number of hydrogen-bond acceptors (Lipinski definition) is 8. The molecule has 0 aliphatic heterocycles. The molecule has 0 saturated carbocycles. The largest absolute Gasteiger partial charge is 0.545 e. The van der Waals surface area contributed by atoms with Crippen LogP contribution in [-0.4, -0.2) is 82.3 Å². The fraction of sp³-hybridized carbons (Fsp3) is 0.857. The summed E-state index contributed by atoms with van der Waals surface area (Å²) >= 11 is 0. The predicted octanol–water partition coefficient (Wildman–Crippen LogP) is 6.26. The second kappa shape index (κ2) is 28.5. The number of carboxylic acids is 1. The standard InChI is InChI=1S/C35H65NO8/c1-6-8-10-12-14-16-18-20-22-24-26-33(38)44-31(30-43-35(34(39)40)41-28-27-36(3,4)5)29-42-32(37)25-23-21-19-17-15-13-11-9-7-2/h10,12,31,35H,6-9,11,13-30H2,1-5H3/b12-10-. The minimum Gasteiger partial charge on any atom is -0.545 e. The molecule has 0 aliphatic rings. The first-order valence-corrected chi connectivity index (χ1v) is 17.3. The number of ether oxygens (including phenoxy) is 4. The van der Waals surface area contributed by atoms with Crippen LogP contribution in [0.15, 0.2) is 12.2 Å². The highest BCUT2D eigenvalue weighted by atomic mass is 16.7. The number of nitrogens with zero attached hydrogens (tertiary/aromatic N) is 1. The normalized spacial score (nSPS) is 13.2. The third-order valence-corrected chi connectivity index (χ3v) is 7.24. The molecule has 0 aromatic rings.